The summed E-state index contributed by atoms with van der Waals surface area (Å²) in [6, 6.07) is 1.87. The molecule has 2 rings (SSSR count). The van der Waals surface area contributed by atoms with E-state index in [2.05, 4.69) is 27.3 Å². The summed E-state index contributed by atoms with van der Waals surface area (Å²) in [6.07, 6.45) is 19.6. The third-order valence-electron chi connectivity index (χ3n) is 6.02. The van der Waals surface area contributed by atoms with Gasteiger partial charge in [0.2, 0.25) is 11.6 Å². The van der Waals surface area contributed by atoms with Gasteiger partial charge in [-0.15, -0.1) is 0 Å². The highest BCUT2D eigenvalue weighted by Gasteiger charge is 2.25. The highest BCUT2D eigenvalue weighted by Crippen LogP contribution is 2.28. The Bertz CT molecular complexity index is 836. The number of anilines is 1. The minimum absolute atomic E-state index is 0.130. The Morgan fingerprint density at radius 2 is 1.42 bits per heavy atom. The van der Waals surface area contributed by atoms with E-state index in [9.17, 15) is 10.1 Å². The zero-order chi connectivity index (χ0) is 23.9. The minimum Gasteiger partial charge on any atom is -0.364 e. The summed E-state index contributed by atoms with van der Waals surface area (Å²) in [5.74, 6) is 0.455. The Morgan fingerprint density at radius 1 is 0.879 bits per heavy atom. The number of nitro groups is 1. The van der Waals surface area contributed by atoms with E-state index in [4.69, 9.17) is 0 Å². The lowest BCUT2D eigenvalue weighted by Crippen LogP contribution is -2.12. The highest BCUT2D eigenvalue weighted by molar-refractivity contribution is 5.64. The van der Waals surface area contributed by atoms with Crippen LogP contribution in [0.15, 0.2) is 12.4 Å². The fourth-order valence-electron chi connectivity index (χ4n) is 4.19. The summed E-state index contributed by atoms with van der Waals surface area (Å²) in [5.41, 5.74) is 1.46. The molecule has 2 aromatic rings. The van der Waals surface area contributed by atoms with Crippen LogP contribution in [-0.2, 0) is 0 Å². The smallest absolute Gasteiger partial charge is 0.355 e. The van der Waals surface area contributed by atoms with Gasteiger partial charge in [0.25, 0.3) is 0 Å². The Morgan fingerprint density at radius 3 is 1.91 bits per heavy atom. The van der Waals surface area contributed by atoms with Crippen LogP contribution in [0.1, 0.15) is 108 Å². The molecule has 8 nitrogen and oxygen atoms in total. The molecule has 0 bridgehead atoms. The average molecular weight is 459 g/mol. The van der Waals surface area contributed by atoms with Crippen LogP contribution >= 0.6 is 0 Å². The van der Waals surface area contributed by atoms with Crippen LogP contribution in [-0.4, -0.2) is 31.2 Å². The van der Waals surface area contributed by atoms with E-state index in [-0.39, 0.29) is 17.3 Å². The van der Waals surface area contributed by atoms with Crippen LogP contribution in [0.2, 0.25) is 0 Å². The third-order valence-corrected chi connectivity index (χ3v) is 6.02. The number of unbranched alkanes of at least 4 members (excludes halogenated alkanes) is 13. The molecule has 0 radical (unpaired) electrons. The van der Waals surface area contributed by atoms with Gasteiger partial charge in [-0.05, 0) is 26.3 Å². The van der Waals surface area contributed by atoms with Gasteiger partial charge in [-0.1, -0.05) is 90.4 Å². The number of aryl methyl sites for hydroxylation is 2. The molecule has 0 unspecified atom stereocenters. The molecule has 0 aromatic carbocycles. The van der Waals surface area contributed by atoms with Crippen LogP contribution in [0, 0.1) is 24.0 Å². The van der Waals surface area contributed by atoms with Crippen LogP contribution in [0.3, 0.4) is 0 Å². The van der Waals surface area contributed by atoms with Crippen molar-refractivity contribution in [3.63, 3.8) is 0 Å². The topological polar surface area (TPSA) is 98.8 Å². The lowest BCUT2D eigenvalue weighted by molar-refractivity contribution is -0.384. The predicted molar refractivity (Wildman–Crippen MR) is 134 cm³/mol. The number of hydrogen-bond acceptors (Lipinski definition) is 6. The molecule has 0 spiro atoms. The zero-order valence-corrected chi connectivity index (χ0v) is 20.8. The average Bonchev–Trinajstić information content (AvgIpc) is 3.13. The number of nitrogens with zero attached hydrogens (tertiary/aromatic N) is 5. The van der Waals surface area contributed by atoms with Crippen molar-refractivity contribution in [2.24, 2.45) is 0 Å². The molecule has 0 aliphatic rings. The molecule has 0 saturated heterocycles. The molecule has 0 fully saturated rings. The molecule has 8 heteroatoms. The van der Waals surface area contributed by atoms with Crippen molar-refractivity contribution in [3.05, 3.63) is 33.9 Å². The maximum atomic E-state index is 11.7. The van der Waals surface area contributed by atoms with E-state index in [0.29, 0.717) is 6.54 Å². The zero-order valence-electron chi connectivity index (χ0n) is 20.8. The first kappa shape index (κ1) is 26.7. The van der Waals surface area contributed by atoms with E-state index in [0.717, 1.165) is 24.2 Å². The van der Waals surface area contributed by atoms with Crippen LogP contribution < -0.4 is 5.32 Å². The predicted octanol–water partition coefficient (Wildman–Crippen LogP) is 7.08. The summed E-state index contributed by atoms with van der Waals surface area (Å²) in [5, 5.41) is 19.2. The summed E-state index contributed by atoms with van der Waals surface area (Å²) in [6.45, 7) is 6.63. The lowest BCUT2D eigenvalue weighted by atomic mass is 10.0. The van der Waals surface area contributed by atoms with Crippen molar-refractivity contribution >= 4 is 11.5 Å². The van der Waals surface area contributed by atoms with E-state index in [1.54, 1.807) is 0 Å². The molecular weight excluding hydrogens is 416 g/mol. The van der Waals surface area contributed by atoms with Gasteiger partial charge in [-0.25, -0.2) is 14.6 Å². The molecule has 0 amide bonds. The first-order chi connectivity index (χ1) is 16.0. The molecule has 2 heterocycles. The standard InChI is InChI=1S/C25H42N6O2/c1-4-5-6-7-8-9-10-11-12-13-14-15-16-17-18-26-24-23(31(32)33)25(28-20-27-24)30-22(3)19-21(2)29-30/h19-20H,4-18H2,1-3H3,(H,26,27,28). The lowest BCUT2D eigenvalue weighted by Gasteiger charge is -2.09. The van der Waals surface area contributed by atoms with Gasteiger partial charge in [-0.3, -0.25) is 10.1 Å². The molecule has 0 atom stereocenters. The van der Waals surface area contributed by atoms with Crippen molar-refractivity contribution in [2.75, 3.05) is 11.9 Å². The van der Waals surface area contributed by atoms with Gasteiger partial charge in [0.1, 0.15) is 6.33 Å². The van der Waals surface area contributed by atoms with E-state index < -0.39 is 4.92 Å². The summed E-state index contributed by atoms with van der Waals surface area (Å²) >= 11 is 0. The Hall–Kier alpha value is -2.51. The quantitative estimate of drug-likeness (QED) is 0.145. The third kappa shape index (κ3) is 9.48. The fourth-order valence-corrected chi connectivity index (χ4v) is 4.19. The number of hydrogen-bond donors (Lipinski definition) is 1. The highest BCUT2D eigenvalue weighted by atomic mass is 16.6. The second kappa shape index (κ2) is 15.3. The van der Waals surface area contributed by atoms with Gasteiger partial charge in [0.15, 0.2) is 0 Å². The second-order valence-electron chi connectivity index (χ2n) is 9.01. The van der Waals surface area contributed by atoms with Crippen molar-refractivity contribution in [1.29, 1.82) is 0 Å². The van der Waals surface area contributed by atoms with E-state index >= 15 is 0 Å². The van der Waals surface area contributed by atoms with Crippen molar-refractivity contribution in [1.82, 2.24) is 19.7 Å². The molecule has 184 valence electrons. The summed E-state index contributed by atoms with van der Waals surface area (Å²) in [7, 11) is 0. The minimum atomic E-state index is -0.431. The summed E-state index contributed by atoms with van der Waals surface area (Å²) < 4.78 is 1.51. The Labute approximate surface area is 198 Å². The second-order valence-corrected chi connectivity index (χ2v) is 9.01. The molecule has 2 aromatic heterocycles. The van der Waals surface area contributed by atoms with Crippen molar-refractivity contribution < 1.29 is 4.92 Å². The molecule has 33 heavy (non-hydrogen) atoms. The molecular formula is C25H42N6O2. The first-order valence-corrected chi connectivity index (χ1v) is 12.8. The van der Waals surface area contributed by atoms with Crippen LogP contribution in [0.5, 0.6) is 0 Å². The van der Waals surface area contributed by atoms with Gasteiger partial charge in [0.05, 0.1) is 10.6 Å². The SMILES string of the molecule is CCCCCCCCCCCCCCCCNc1ncnc(-n2nc(C)cc2C)c1[N+](=O)[O-]. The molecule has 0 aliphatic carbocycles. The van der Waals surface area contributed by atoms with Gasteiger partial charge < -0.3 is 5.32 Å². The normalized spacial score (nSPS) is 11.1. The largest absolute Gasteiger partial charge is 0.364 e. The molecule has 0 saturated carbocycles. The number of aromatic nitrogens is 4. The van der Waals surface area contributed by atoms with Gasteiger partial charge in [-0.2, -0.15) is 5.10 Å². The molecule has 1 N–H and O–H groups in total. The van der Waals surface area contributed by atoms with Crippen LogP contribution in [0.4, 0.5) is 11.5 Å². The van der Waals surface area contributed by atoms with Crippen molar-refractivity contribution in [2.45, 2.75) is 111 Å². The van der Waals surface area contributed by atoms with Gasteiger partial charge in [0, 0.05) is 12.2 Å². The first-order valence-electron chi connectivity index (χ1n) is 12.8. The molecule has 0 aliphatic heterocycles. The van der Waals surface area contributed by atoms with Gasteiger partial charge >= 0.3 is 5.69 Å². The van der Waals surface area contributed by atoms with Crippen molar-refractivity contribution in [3.8, 4) is 5.82 Å². The van der Waals surface area contributed by atoms with E-state index in [1.807, 2.05) is 19.9 Å². The van der Waals surface area contributed by atoms with E-state index in [1.165, 1.54) is 88.1 Å². The Kier molecular flexibility index (Phi) is 12.4. The number of rotatable bonds is 18. The fraction of sp³-hybridized carbons (Fsp3) is 0.720. The van der Waals surface area contributed by atoms with Crippen LogP contribution in [0.25, 0.3) is 5.82 Å². The maximum Gasteiger partial charge on any atom is 0.355 e. The summed E-state index contributed by atoms with van der Waals surface area (Å²) in [4.78, 5) is 19.6. The Balaban J connectivity index is 1.63. The monoisotopic (exact) mass is 458 g/mol. The maximum absolute atomic E-state index is 11.7. The number of nitrogens with one attached hydrogen (secondary N) is 1.